The van der Waals surface area contributed by atoms with E-state index in [1.54, 1.807) is 0 Å². The fourth-order valence-electron chi connectivity index (χ4n) is 3.25. The zero-order valence-electron chi connectivity index (χ0n) is 12.0. The summed E-state index contributed by atoms with van der Waals surface area (Å²) in [5.74, 6) is 0. The van der Waals surface area contributed by atoms with Crippen LogP contribution in [0.4, 0.5) is 0 Å². The quantitative estimate of drug-likeness (QED) is 0.736. The lowest BCUT2D eigenvalue weighted by atomic mass is 9.76. The normalized spacial score (nSPS) is 18.4. The fraction of sp³-hybridized carbons (Fsp3) is 0.647. The molecule has 0 amide bonds. The minimum atomic E-state index is 0.238. The van der Waals surface area contributed by atoms with Crippen LogP contribution in [-0.4, -0.2) is 13.1 Å². The van der Waals surface area contributed by atoms with Crippen LogP contribution in [0, 0.1) is 0 Å². The Bertz CT molecular complexity index is 342. The lowest BCUT2D eigenvalue weighted by Gasteiger charge is -2.39. The van der Waals surface area contributed by atoms with Crippen molar-refractivity contribution in [3.8, 4) is 0 Å². The molecule has 2 heteroatoms. The van der Waals surface area contributed by atoms with Crippen molar-refractivity contribution in [3.63, 3.8) is 0 Å². The highest BCUT2D eigenvalue weighted by Gasteiger charge is 2.32. The second-order valence-corrected chi connectivity index (χ2v) is 5.78. The van der Waals surface area contributed by atoms with Crippen LogP contribution < -0.4 is 11.1 Å². The van der Waals surface area contributed by atoms with Crippen molar-refractivity contribution in [2.45, 2.75) is 56.9 Å². The van der Waals surface area contributed by atoms with Gasteiger partial charge >= 0.3 is 0 Å². The molecular formula is C17H28N2. The maximum Gasteiger partial charge on any atom is 0.0434 e. The van der Waals surface area contributed by atoms with Gasteiger partial charge in [-0.25, -0.2) is 0 Å². The predicted molar refractivity (Wildman–Crippen MR) is 82.1 cm³/mol. The average molecular weight is 260 g/mol. The first-order valence-electron chi connectivity index (χ1n) is 7.88. The van der Waals surface area contributed by atoms with Gasteiger partial charge in [0, 0.05) is 5.54 Å². The fourth-order valence-corrected chi connectivity index (χ4v) is 3.25. The first kappa shape index (κ1) is 14.5. The molecule has 1 aliphatic rings. The summed E-state index contributed by atoms with van der Waals surface area (Å²) in [5.41, 5.74) is 7.27. The number of rotatable bonds is 7. The zero-order valence-corrected chi connectivity index (χ0v) is 12.0. The van der Waals surface area contributed by atoms with E-state index in [2.05, 4.69) is 35.6 Å². The van der Waals surface area contributed by atoms with Crippen LogP contribution in [0.2, 0.25) is 0 Å². The van der Waals surface area contributed by atoms with Crippen LogP contribution in [0.1, 0.15) is 56.9 Å². The first-order chi connectivity index (χ1) is 9.37. The Balaban J connectivity index is 1.95. The predicted octanol–water partition coefficient (Wildman–Crippen LogP) is 3.56. The van der Waals surface area contributed by atoms with Crippen LogP contribution in [0.25, 0.3) is 0 Å². The van der Waals surface area contributed by atoms with Gasteiger partial charge in [-0.05, 0) is 44.3 Å². The minimum Gasteiger partial charge on any atom is -0.330 e. The Hall–Kier alpha value is -0.860. The zero-order chi connectivity index (χ0) is 13.4. The monoisotopic (exact) mass is 260 g/mol. The van der Waals surface area contributed by atoms with Crippen molar-refractivity contribution in [3.05, 3.63) is 35.9 Å². The van der Waals surface area contributed by atoms with E-state index in [4.69, 9.17) is 5.73 Å². The molecule has 1 fully saturated rings. The molecule has 0 aromatic heterocycles. The van der Waals surface area contributed by atoms with Crippen molar-refractivity contribution in [1.29, 1.82) is 0 Å². The highest BCUT2D eigenvalue weighted by molar-refractivity contribution is 5.25. The molecule has 0 spiro atoms. The van der Waals surface area contributed by atoms with Crippen LogP contribution in [-0.2, 0) is 5.54 Å². The summed E-state index contributed by atoms with van der Waals surface area (Å²) in [5, 5.41) is 3.87. The molecule has 0 bridgehead atoms. The van der Waals surface area contributed by atoms with Gasteiger partial charge in [0.1, 0.15) is 0 Å². The second kappa shape index (κ2) is 7.66. The molecule has 0 saturated heterocycles. The number of nitrogens with one attached hydrogen (secondary N) is 1. The molecule has 1 aromatic carbocycles. The van der Waals surface area contributed by atoms with Gasteiger partial charge in [-0.1, -0.05) is 56.0 Å². The molecule has 0 unspecified atom stereocenters. The standard InChI is InChI=1S/C17H28N2/c18-14-8-3-9-15-19-17(12-6-2-7-13-17)16-10-4-1-5-11-16/h1,4-5,10-11,19H,2-3,6-9,12-15,18H2. The molecule has 3 N–H and O–H groups in total. The summed E-state index contributed by atoms with van der Waals surface area (Å²) in [4.78, 5) is 0. The SMILES string of the molecule is NCCCCCNC1(c2ccccc2)CCCCC1. The highest BCUT2D eigenvalue weighted by atomic mass is 15.0. The van der Waals surface area contributed by atoms with E-state index in [0.717, 1.165) is 19.5 Å². The third-order valence-corrected chi connectivity index (χ3v) is 4.38. The smallest absolute Gasteiger partial charge is 0.0434 e. The lowest BCUT2D eigenvalue weighted by Crippen LogP contribution is -2.44. The van der Waals surface area contributed by atoms with Gasteiger partial charge in [0.15, 0.2) is 0 Å². The van der Waals surface area contributed by atoms with Crippen LogP contribution in [0.15, 0.2) is 30.3 Å². The average Bonchev–Trinajstić information content (AvgIpc) is 2.49. The van der Waals surface area contributed by atoms with E-state index in [0.29, 0.717) is 0 Å². The largest absolute Gasteiger partial charge is 0.330 e. The van der Waals surface area contributed by atoms with E-state index in [-0.39, 0.29) is 5.54 Å². The topological polar surface area (TPSA) is 38.0 Å². The van der Waals surface area contributed by atoms with E-state index in [9.17, 15) is 0 Å². The number of hydrogen-bond donors (Lipinski definition) is 2. The Kier molecular flexibility index (Phi) is 5.87. The maximum atomic E-state index is 5.55. The Morgan fingerprint density at radius 3 is 2.37 bits per heavy atom. The molecule has 1 aromatic rings. The van der Waals surface area contributed by atoms with E-state index in [1.807, 2.05) is 0 Å². The van der Waals surface area contributed by atoms with Crippen molar-refractivity contribution >= 4 is 0 Å². The van der Waals surface area contributed by atoms with Crippen molar-refractivity contribution in [1.82, 2.24) is 5.32 Å². The number of benzene rings is 1. The van der Waals surface area contributed by atoms with Gasteiger partial charge in [0.25, 0.3) is 0 Å². The summed E-state index contributed by atoms with van der Waals surface area (Å²) in [7, 11) is 0. The summed E-state index contributed by atoms with van der Waals surface area (Å²) in [6.07, 6.45) is 10.3. The molecule has 2 rings (SSSR count). The van der Waals surface area contributed by atoms with Gasteiger partial charge < -0.3 is 11.1 Å². The minimum absolute atomic E-state index is 0.238. The molecule has 0 heterocycles. The number of unbranched alkanes of at least 4 members (excludes halogenated alkanes) is 2. The number of nitrogens with two attached hydrogens (primary N) is 1. The molecule has 0 atom stereocenters. The van der Waals surface area contributed by atoms with Crippen molar-refractivity contribution in [2.24, 2.45) is 5.73 Å². The van der Waals surface area contributed by atoms with Crippen molar-refractivity contribution < 1.29 is 0 Å². The molecule has 0 aliphatic heterocycles. The molecule has 106 valence electrons. The second-order valence-electron chi connectivity index (χ2n) is 5.78. The summed E-state index contributed by atoms with van der Waals surface area (Å²) < 4.78 is 0. The van der Waals surface area contributed by atoms with Gasteiger partial charge in [-0.15, -0.1) is 0 Å². The van der Waals surface area contributed by atoms with Crippen molar-refractivity contribution in [2.75, 3.05) is 13.1 Å². The summed E-state index contributed by atoms with van der Waals surface area (Å²) in [6, 6.07) is 11.0. The van der Waals surface area contributed by atoms with Gasteiger partial charge in [0.2, 0.25) is 0 Å². The lowest BCUT2D eigenvalue weighted by molar-refractivity contribution is 0.232. The van der Waals surface area contributed by atoms with Gasteiger partial charge in [-0.3, -0.25) is 0 Å². The third kappa shape index (κ3) is 4.05. The third-order valence-electron chi connectivity index (χ3n) is 4.38. The Morgan fingerprint density at radius 1 is 0.947 bits per heavy atom. The van der Waals surface area contributed by atoms with E-state index < -0.39 is 0 Å². The Morgan fingerprint density at radius 2 is 1.68 bits per heavy atom. The molecule has 0 radical (unpaired) electrons. The molecule has 1 saturated carbocycles. The van der Waals surface area contributed by atoms with Gasteiger partial charge in [0.05, 0.1) is 0 Å². The molecular weight excluding hydrogens is 232 g/mol. The van der Waals surface area contributed by atoms with Crippen LogP contribution in [0.5, 0.6) is 0 Å². The molecule has 19 heavy (non-hydrogen) atoms. The van der Waals surface area contributed by atoms with E-state index in [1.165, 1.54) is 50.5 Å². The van der Waals surface area contributed by atoms with Crippen LogP contribution in [0.3, 0.4) is 0 Å². The molecule has 1 aliphatic carbocycles. The summed E-state index contributed by atoms with van der Waals surface area (Å²) in [6.45, 7) is 1.94. The Labute approximate surface area is 117 Å². The first-order valence-corrected chi connectivity index (χ1v) is 7.88. The summed E-state index contributed by atoms with van der Waals surface area (Å²) >= 11 is 0. The van der Waals surface area contributed by atoms with Gasteiger partial charge in [-0.2, -0.15) is 0 Å². The van der Waals surface area contributed by atoms with Crippen LogP contribution >= 0.6 is 0 Å². The van der Waals surface area contributed by atoms with E-state index >= 15 is 0 Å². The maximum absolute atomic E-state index is 5.55. The number of hydrogen-bond acceptors (Lipinski definition) is 2. The molecule has 2 nitrogen and oxygen atoms in total. The highest BCUT2D eigenvalue weighted by Crippen LogP contribution is 2.36.